The molecule has 2 rings (SSSR count). The Hall–Kier alpha value is -1.86. The molecular weight excluding hydrogens is 374 g/mol. The van der Waals surface area contributed by atoms with Crippen LogP contribution >= 0.6 is 0 Å². The van der Waals surface area contributed by atoms with Gasteiger partial charge < -0.3 is 18.7 Å². The first kappa shape index (κ1) is 24.4. The number of unbranched alkanes of at least 4 members (excludes halogenated alkanes) is 5. The molecule has 1 fully saturated rings. The van der Waals surface area contributed by atoms with Gasteiger partial charge in [0.2, 0.25) is 5.75 Å². The maximum Gasteiger partial charge on any atom is 0.203 e. The SMILES string of the molecule is CCCCCCCC[N+]1(CCC#Cc2cc(OC)c(OC)c(OC)c2)CCCCC1. The van der Waals surface area contributed by atoms with Crippen molar-refractivity contribution in [2.75, 3.05) is 47.5 Å². The van der Waals surface area contributed by atoms with Crippen molar-refractivity contribution < 1.29 is 18.7 Å². The van der Waals surface area contributed by atoms with Crippen molar-refractivity contribution in [2.45, 2.75) is 71.1 Å². The molecule has 30 heavy (non-hydrogen) atoms. The van der Waals surface area contributed by atoms with Crippen LogP contribution in [-0.4, -0.2) is 52.0 Å². The molecule has 1 aliphatic rings. The molecule has 0 aliphatic carbocycles. The Morgan fingerprint density at radius 2 is 1.43 bits per heavy atom. The number of ether oxygens (including phenoxy) is 3. The van der Waals surface area contributed by atoms with E-state index in [1.807, 2.05) is 12.1 Å². The van der Waals surface area contributed by atoms with Crippen molar-refractivity contribution in [3.63, 3.8) is 0 Å². The highest BCUT2D eigenvalue weighted by molar-refractivity contribution is 5.57. The number of piperidine rings is 1. The number of methoxy groups -OCH3 is 3. The van der Waals surface area contributed by atoms with E-state index in [0.29, 0.717) is 17.2 Å². The topological polar surface area (TPSA) is 27.7 Å². The van der Waals surface area contributed by atoms with Gasteiger partial charge in [0.25, 0.3) is 0 Å². The number of hydrogen-bond donors (Lipinski definition) is 0. The molecule has 0 radical (unpaired) electrons. The van der Waals surface area contributed by atoms with E-state index in [4.69, 9.17) is 14.2 Å². The molecular formula is C26H42NO3+. The first-order valence-corrected chi connectivity index (χ1v) is 11.8. The quantitative estimate of drug-likeness (QED) is 0.244. The van der Waals surface area contributed by atoms with Gasteiger partial charge in [-0.15, -0.1) is 0 Å². The van der Waals surface area contributed by atoms with Gasteiger partial charge in [0, 0.05) is 5.56 Å². The van der Waals surface area contributed by atoms with Crippen molar-refractivity contribution in [1.29, 1.82) is 0 Å². The number of quaternary nitrogens is 1. The third-order valence-corrected chi connectivity index (χ3v) is 6.36. The Balaban J connectivity index is 1.94. The largest absolute Gasteiger partial charge is 0.493 e. The smallest absolute Gasteiger partial charge is 0.203 e. The Bertz CT molecular complexity index is 658. The third kappa shape index (κ3) is 7.43. The zero-order chi connectivity index (χ0) is 21.7. The highest BCUT2D eigenvalue weighted by atomic mass is 16.5. The molecule has 1 saturated heterocycles. The monoisotopic (exact) mass is 416 g/mol. The lowest BCUT2D eigenvalue weighted by molar-refractivity contribution is -0.932. The fraction of sp³-hybridized carbons (Fsp3) is 0.692. The van der Waals surface area contributed by atoms with Gasteiger partial charge in [-0.05, 0) is 44.2 Å². The van der Waals surface area contributed by atoms with Gasteiger partial charge in [0.05, 0.1) is 53.9 Å². The third-order valence-electron chi connectivity index (χ3n) is 6.36. The fourth-order valence-corrected chi connectivity index (χ4v) is 4.58. The van der Waals surface area contributed by atoms with Crippen LogP contribution in [0.3, 0.4) is 0 Å². The van der Waals surface area contributed by atoms with Gasteiger partial charge in [-0.1, -0.05) is 44.4 Å². The molecule has 0 N–H and O–H groups in total. The van der Waals surface area contributed by atoms with Gasteiger partial charge in [-0.2, -0.15) is 0 Å². The lowest BCUT2D eigenvalue weighted by Gasteiger charge is -2.41. The molecule has 0 atom stereocenters. The molecule has 4 heteroatoms. The Morgan fingerprint density at radius 3 is 2.03 bits per heavy atom. The molecule has 168 valence electrons. The zero-order valence-electron chi connectivity index (χ0n) is 19.7. The summed E-state index contributed by atoms with van der Waals surface area (Å²) in [4.78, 5) is 0. The second kappa shape index (κ2) is 13.4. The summed E-state index contributed by atoms with van der Waals surface area (Å²) in [6, 6.07) is 3.85. The van der Waals surface area contributed by atoms with Crippen molar-refractivity contribution in [3.8, 4) is 29.1 Å². The number of hydrogen-bond acceptors (Lipinski definition) is 3. The normalized spacial score (nSPS) is 15.2. The number of benzene rings is 1. The molecule has 0 spiro atoms. The summed E-state index contributed by atoms with van der Waals surface area (Å²) in [5.74, 6) is 8.66. The van der Waals surface area contributed by atoms with E-state index in [-0.39, 0.29) is 0 Å². The highest BCUT2D eigenvalue weighted by Crippen LogP contribution is 2.37. The van der Waals surface area contributed by atoms with Crippen LogP contribution in [0.5, 0.6) is 17.2 Å². The molecule has 1 aromatic carbocycles. The predicted molar refractivity (Wildman–Crippen MR) is 125 cm³/mol. The molecule has 1 aliphatic heterocycles. The van der Waals surface area contributed by atoms with Crippen molar-refractivity contribution in [3.05, 3.63) is 17.7 Å². The first-order valence-electron chi connectivity index (χ1n) is 11.8. The summed E-state index contributed by atoms with van der Waals surface area (Å²) < 4.78 is 17.6. The van der Waals surface area contributed by atoms with Crippen molar-refractivity contribution >= 4 is 0 Å². The minimum atomic E-state index is 0.613. The Kier molecular flexibility index (Phi) is 10.9. The molecule has 1 aromatic rings. The summed E-state index contributed by atoms with van der Waals surface area (Å²) in [5, 5.41) is 0. The Labute approximate surface area is 184 Å². The van der Waals surface area contributed by atoms with Crippen molar-refractivity contribution in [2.24, 2.45) is 0 Å². The Morgan fingerprint density at radius 1 is 0.800 bits per heavy atom. The van der Waals surface area contributed by atoms with Crippen LogP contribution in [0.2, 0.25) is 0 Å². The average Bonchev–Trinajstić information content (AvgIpc) is 2.79. The van der Waals surface area contributed by atoms with E-state index < -0.39 is 0 Å². The van der Waals surface area contributed by atoms with E-state index in [0.717, 1.165) is 12.0 Å². The molecule has 0 bridgehead atoms. The summed E-state index contributed by atoms with van der Waals surface area (Å²) in [7, 11) is 4.90. The molecule has 0 amide bonds. The standard InChI is InChI=1S/C26H42NO3/c1-5-6-7-8-9-12-17-27(18-13-10-14-19-27)20-15-11-16-23-21-24(28-2)26(30-4)25(22-23)29-3/h21-22H,5-10,12-15,17-20H2,1-4H3/q+1. The summed E-state index contributed by atoms with van der Waals surface area (Å²) >= 11 is 0. The molecule has 4 nitrogen and oxygen atoms in total. The van der Waals surface area contributed by atoms with Crippen molar-refractivity contribution in [1.82, 2.24) is 0 Å². The molecule has 0 saturated carbocycles. The zero-order valence-corrected chi connectivity index (χ0v) is 19.7. The lowest BCUT2D eigenvalue weighted by atomic mass is 10.0. The number of rotatable bonds is 12. The van der Waals surface area contributed by atoms with Crippen LogP contribution < -0.4 is 14.2 Å². The maximum atomic E-state index is 5.44. The van der Waals surface area contributed by atoms with Gasteiger partial charge in [0.1, 0.15) is 0 Å². The predicted octanol–water partition coefficient (Wildman–Crippen LogP) is 5.82. The number of nitrogens with zero attached hydrogens (tertiary/aromatic N) is 1. The molecule has 0 unspecified atom stereocenters. The van der Waals surface area contributed by atoms with Crippen LogP contribution in [-0.2, 0) is 0 Å². The van der Waals surface area contributed by atoms with E-state index in [1.54, 1.807) is 21.3 Å². The van der Waals surface area contributed by atoms with Gasteiger partial charge in [-0.25, -0.2) is 0 Å². The second-order valence-electron chi connectivity index (χ2n) is 8.53. The minimum Gasteiger partial charge on any atom is -0.493 e. The van der Waals surface area contributed by atoms with Crippen LogP contribution in [0.4, 0.5) is 0 Å². The summed E-state index contributed by atoms with van der Waals surface area (Å²) in [6.07, 6.45) is 13.3. The fourth-order valence-electron chi connectivity index (χ4n) is 4.58. The van der Waals surface area contributed by atoms with Crippen LogP contribution in [0, 0.1) is 11.8 Å². The number of likely N-dealkylation sites (tertiary alicyclic amines) is 1. The van der Waals surface area contributed by atoms with Crippen LogP contribution in [0.15, 0.2) is 12.1 Å². The van der Waals surface area contributed by atoms with Crippen LogP contribution in [0.1, 0.15) is 76.7 Å². The summed E-state index contributed by atoms with van der Waals surface area (Å²) in [6.45, 7) is 7.46. The van der Waals surface area contributed by atoms with E-state index >= 15 is 0 Å². The van der Waals surface area contributed by atoms with E-state index in [9.17, 15) is 0 Å². The average molecular weight is 417 g/mol. The van der Waals surface area contributed by atoms with E-state index in [1.165, 1.54) is 88.4 Å². The molecule has 0 aromatic heterocycles. The van der Waals surface area contributed by atoms with Gasteiger partial charge in [-0.3, -0.25) is 0 Å². The lowest BCUT2D eigenvalue weighted by Crippen LogP contribution is -2.52. The van der Waals surface area contributed by atoms with Gasteiger partial charge in [0.15, 0.2) is 11.5 Å². The highest BCUT2D eigenvalue weighted by Gasteiger charge is 2.28. The molecule has 1 heterocycles. The first-order chi connectivity index (χ1) is 14.7. The van der Waals surface area contributed by atoms with Crippen LogP contribution in [0.25, 0.3) is 0 Å². The minimum absolute atomic E-state index is 0.613. The van der Waals surface area contributed by atoms with Gasteiger partial charge >= 0.3 is 0 Å². The second-order valence-corrected chi connectivity index (χ2v) is 8.53. The van der Waals surface area contributed by atoms with E-state index in [2.05, 4.69) is 18.8 Å². The maximum absolute atomic E-state index is 5.44. The summed E-state index contributed by atoms with van der Waals surface area (Å²) in [5.41, 5.74) is 0.908.